The molecule has 2 aromatic heterocycles. The molecule has 1 atom stereocenters. The Morgan fingerprint density at radius 3 is 2.26 bits per heavy atom. The summed E-state index contributed by atoms with van der Waals surface area (Å²) < 4.78 is 102. The summed E-state index contributed by atoms with van der Waals surface area (Å²) in [4.78, 5) is 18.7. The van der Waals surface area contributed by atoms with Crippen molar-refractivity contribution in [3.8, 4) is 34.3 Å². The molecule has 0 spiro atoms. The summed E-state index contributed by atoms with van der Waals surface area (Å²) in [6.45, 7) is 0.0301. The lowest BCUT2D eigenvalue weighted by Crippen LogP contribution is -2.20. The number of nitrogens with two attached hydrogens (primary N) is 1. The van der Waals surface area contributed by atoms with Gasteiger partial charge in [0.15, 0.2) is 11.6 Å². The quantitative estimate of drug-likeness (QED) is 0.198. The zero-order chi connectivity index (χ0) is 30.0. The Morgan fingerprint density at radius 1 is 0.905 bits per heavy atom. The summed E-state index contributed by atoms with van der Waals surface area (Å²) >= 11 is 0. The van der Waals surface area contributed by atoms with Gasteiger partial charge in [0.1, 0.15) is 35.8 Å². The maximum Gasteiger partial charge on any atom is 0.409 e. The Bertz CT molecular complexity index is 1740. The number of benzene rings is 3. The first-order chi connectivity index (χ1) is 20.1. The number of fused-ring (bicyclic) bond motifs is 1. The Kier molecular flexibility index (Phi) is 7.86. The van der Waals surface area contributed by atoms with Gasteiger partial charge in [0, 0.05) is 23.9 Å². The van der Waals surface area contributed by atoms with Crippen LogP contribution in [0.1, 0.15) is 5.56 Å². The molecule has 42 heavy (non-hydrogen) atoms. The van der Waals surface area contributed by atoms with Gasteiger partial charge in [-0.15, -0.1) is 0 Å². The van der Waals surface area contributed by atoms with Crippen LogP contribution >= 0.6 is 0 Å². The number of halogens is 6. The highest BCUT2D eigenvalue weighted by atomic mass is 19.3. The number of carbonyl (C=O) groups excluding carboxylic acids is 1. The second-order valence-electron chi connectivity index (χ2n) is 8.65. The minimum absolute atomic E-state index is 0.0301. The van der Waals surface area contributed by atoms with Crippen LogP contribution in [0, 0.1) is 17.5 Å². The van der Waals surface area contributed by atoms with E-state index in [-0.39, 0.29) is 34.8 Å². The van der Waals surface area contributed by atoms with Crippen LogP contribution in [0.25, 0.3) is 28.0 Å². The molecule has 0 saturated heterocycles. The van der Waals surface area contributed by atoms with Crippen LogP contribution < -0.4 is 19.9 Å². The van der Waals surface area contributed by atoms with Crippen molar-refractivity contribution in [2.75, 3.05) is 0 Å². The molecular formula is C28H18F6N4O4. The highest BCUT2D eigenvalue weighted by molar-refractivity contribution is 5.90. The first-order valence-corrected chi connectivity index (χ1v) is 12.0. The summed E-state index contributed by atoms with van der Waals surface area (Å²) in [5.41, 5.74) is 4.12. The Labute approximate surface area is 232 Å². The van der Waals surface area contributed by atoms with E-state index in [9.17, 15) is 18.0 Å². The van der Waals surface area contributed by atoms with Crippen molar-refractivity contribution in [2.24, 2.45) is 5.73 Å². The number of ether oxygens (including phenoxy) is 3. The van der Waals surface area contributed by atoms with Crippen LogP contribution in [0.4, 0.5) is 31.1 Å². The third-order valence-electron chi connectivity index (χ3n) is 5.88. The molecule has 0 aliphatic rings. The summed E-state index contributed by atoms with van der Waals surface area (Å²) in [5, 5.41) is 0. The topological polar surface area (TPSA) is 101 Å². The van der Waals surface area contributed by atoms with Gasteiger partial charge in [-0.3, -0.25) is 0 Å². The Hall–Kier alpha value is -5.27. The lowest BCUT2D eigenvalue weighted by atomic mass is 10.1. The summed E-state index contributed by atoms with van der Waals surface area (Å²) in [7, 11) is 0. The van der Waals surface area contributed by atoms with Gasteiger partial charge in [0.25, 0.3) is 6.36 Å². The minimum Gasteiger partial charge on any atom is -0.486 e. The van der Waals surface area contributed by atoms with Gasteiger partial charge in [-0.05, 0) is 23.8 Å². The number of primary amides is 1. The van der Waals surface area contributed by atoms with Crippen LogP contribution in [0.15, 0.2) is 73.1 Å². The van der Waals surface area contributed by atoms with E-state index in [0.29, 0.717) is 12.1 Å². The molecule has 1 amide bonds. The molecule has 1 unspecified atom stereocenters. The maximum absolute atomic E-state index is 15.3. The molecule has 5 rings (SSSR count). The van der Waals surface area contributed by atoms with Gasteiger partial charge in [-0.2, -0.15) is 9.37 Å². The number of carbonyl (C=O) groups is 1. The molecule has 0 aliphatic heterocycles. The zero-order valence-electron chi connectivity index (χ0n) is 21.1. The molecule has 8 nitrogen and oxygen atoms in total. The normalized spacial score (nSPS) is 12.0. The summed E-state index contributed by atoms with van der Waals surface area (Å²) in [6.07, 6.45) is -7.12. The molecule has 0 aliphatic carbocycles. The smallest absolute Gasteiger partial charge is 0.409 e. The molecule has 2 heterocycles. The second-order valence-corrected chi connectivity index (χ2v) is 8.65. The van der Waals surface area contributed by atoms with E-state index in [1.807, 2.05) is 0 Å². The first kappa shape index (κ1) is 28.3. The fraction of sp³-hybridized carbons (Fsp3) is 0.107. The summed E-state index contributed by atoms with van der Waals surface area (Å²) in [5.74, 6) is -4.80. The molecule has 5 aromatic rings. The Morgan fingerprint density at radius 2 is 1.62 bits per heavy atom. The van der Waals surface area contributed by atoms with Crippen molar-refractivity contribution in [1.29, 1.82) is 0 Å². The SMILES string of the molecule is NC(=O)Oc1cc(F)c(-c2cc3ncnc(OC(F)C(F)F)c3n2-c2ccc(OCc3ccccc3)c(F)c2)c(F)c1. The lowest BCUT2D eigenvalue weighted by molar-refractivity contribution is -0.0683. The average Bonchev–Trinajstić information content (AvgIpc) is 3.32. The fourth-order valence-electron chi connectivity index (χ4n) is 4.15. The fourth-order valence-corrected chi connectivity index (χ4v) is 4.15. The van der Waals surface area contributed by atoms with Crippen LogP contribution in [0.2, 0.25) is 0 Å². The van der Waals surface area contributed by atoms with Crippen molar-refractivity contribution in [3.63, 3.8) is 0 Å². The van der Waals surface area contributed by atoms with Gasteiger partial charge in [0.05, 0.1) is 16.8 Å². The number of hydrogen-bond acceptors (Lipinski definition) is 6. The maximum atomic E-state index is 15.3. The molecule has 2 N–H and O–H groups in total. The van der Waals surface area contributed by atoms with E-state index in [0.717, 1.165) is 28.6 Å². The number of rotatable bonds is 9. The highest BCUT2D eigenvalue weighted by Crippen LogP contribution is 2.39. The van der Waals surface area contributed by atoms with Crippen LogP contribution in [0.3, 0.4) is 0 Å². The first-order valence-electron chi connectivity index (χ1n) is 12.0. The molecule has 0 saturated carbocycles. The van der Waals surface area contributed by atoms with Gasteiger partial charge in [0.2, 0.25) is 5.88 Å². The molecule has 14 heteroatoms. The molecule has 216 valence electrons. The van der Waals surface area contributed by atoms with Crippen LogP contribution in [-0.2, 0) is 6.61 Å². The largest absolute Gasteiger partial charge is 0.486 e. The molecule has 3 aromatic carbocycles. The second kappa shape index (κ2) is 11.7. The van der Waals surface area contributed by atoms with Crippen molar-refractivity contribution >= 4 is 17.1 Å². The van der Waals surface area contributed by atoms with E-state index in [1.165, 1.54) is 12.1 Å². The van der Waals surface area contributed by atoms with Crippen molar-refractivity contribution in [1.82, 2.24) is 14.5 Å². The number of nitrogens with zero attached hydrogens (tertiary/aromatic N) is 3. The van der Waals surface area contributed by atoms with Gasteiger partial charge in [-0.25, -0.2) is 31.7 Å². The van der Waals surface area contributed by atoms with Crippen molar-refractivity contribution < 1.29 is 45.3 Å². The van der Waals surface area contributed by atoms with Gasteiger partial charge < -0.3 is 24.5 Å². The zero-order valence-corrected chi connectivity index (χ0v) is 21.1. The lowest BCUT2D eigenvalue weighted by Gasteiger charge is -2.16. The average molecular weight is 588 g/mol. The number of hydrogen-bond donors (Lipinski definition) is 1. The van der Waals surface area contributed by atoms with Gasteiger partial charge in [-0.1, -0.05) is 30.3 Å². The predicted octanol–water partition coefficient (Wildman–Crippen LogP) is 6.48. The monoisotopic (exact) mass is 588 g/mol. The number of aromatic nitrogens is 3. The Balaban J connectivity index is 1.67. The van der Waals surface area contributed by atoms with Crippen LogP contribution in [0.5, 0.6) is 17.4 Å². The highest BCUT2D eigenvalue weighted by Gasteiger charge is 2.28. The van der Waals surface area contributed by atoms with Crippen molar-refractivity contribution in [2.45, 2.75) is 19.4 Å². The van der Waals surface area contributed by atoms with E-state index in [1.54, 1.807) is 30.3 Å². The minimum atomic E-state index is -3.55. The van der Waals surface area contributed by atoms with Crippen LogP contribution in [-0.4, -0.2) is 33.4 Å². The van der Waals surface area contributed by atoms with E-state index in [2.05, 4.69) is 14.7 Å². The third-order valence-corrected chi connectivity index (χ3v) is 5.88. The molecular weight excluding hydrogens is 570 g/mol. The standard InChI is InChI=1S/C28H18F6N4O4/c29-17-8-15(6-7-22(17)40-12-14-4-2-1-3-5-14)38-21(23-18(30)9-16(10-19(23)31)41-28(35)39)11-20-24(38)27(37-13-36-20)42-26(34)25(32)33/h1-11,13,25-26H,12H2,(H2,35,39). The van der Waals surface area contributed by atoms with E-state index in [4.69, 9.17) is 15.2 Å². The van der Waals surface area contributed by atoms with Crippen molar-refractivity contribution in [3.05, 3.63) is 96.1 Å². The van der Waals surface area contributed by atoms with Gasteiger partial charge >= 0.3 is 12.5 Å². The molecule has 0 fully saturated rings. The molecule has 0 radical (unpaired) electrons. The van der Waals surface area contributed by atoms with E-state index < -0.39 is 53.5 Å². The van der Waals surface area contributed by atoms with E-state index >= 15 is 13.2 Å². The predicted molar refractivity (Wildman–Crippen MR) is 137 cm³/mol. The molecule has 0 bridgehead atoms. The number of amides is 1. The third kappa shape index (κ3) is 5.77. The number of alkyl halides is 3. The summed E-state index contributed by atoms with van der Waals surface area (Å²) in [6, 6.07) is 14.9.